The van der Waals surface area contributed by atoms with Crippen LogP contribution in [0.15, 0.2) is 98.1 Å². The summed E-state index contributed by atoms with van der Waals surface area (Å²) in [7, 11) is 5.53. The zero-order valence-corrected chi connectivity index (χ0v) is 23.0. The Morgan fingerprint density at radius 1 is 0.947 bits per heavy atom. The number of rotatable bonds is 9. The largest absolute Gasteiger partial charge is 0.316 e. The second-order valence-electron chi connectivity index (χ2n) is 8.45. The number of hydrazine groups is 1. The molecule has 0 unspecified atom stereocenters. The topological polar surface area (TPSA) is 65.2 Å². The number of hydrogen-bond acceptors (Lipinski definition) is 4. The van der Waals surface area contributed by atoms with E-state index < -0.39 is 0 Å². The van der Waals surface area contributed by atoms with Gasteiger partial charge in [-0.1, -0.05) is 91.5 Å². The van der Waals surface area contributed by atoms with Gasteiger partial charge in [0.2, 0.25) is 0 Å². The normalized spacial score (nSPS) is 12.4. The second kappa shape index (κ2) is 18.3. The molecule has 3 aromatic rings. The number of carbonyl (C=O) groups excluding carboxylic acids is 1. The third-order valence-electron chi connectivity index (χ3n) is 6.01. The summed E-state index contributed by atoms with van der Waals surface area (Å²) in [6, 6.07) is 23.4. The van der Waals surface area contributed by atoms with Gasteiger partial charge in [-0.3, -0.25) is 10.2 Å². The number of benzene rings is 3. The predicted octanol–water partition coefficient (Wildman–Crippen LogP) is 5.37. The van der Waals surface area contributed by atoms with Gasteiger partial charge in [0.05, 0.1) is 0 Å². The van der Waals surface area contributed by atoms with Crippen molar-refractivity contribution < 1.29 is 4.79 Å². The lowest BCUT2D eigenvalue weighted by atomic mass is 9.97. The molecular formula is C33H42N4O. The van der Waals surface area contributed by atoms with E-state index in [1.165, 1.54) is 46.4 Å². The maximum Gasteiger partial charge on any atom is 0.257 e. The molecule has 1 aliphatic rings. The van der Waals surface area contributed by atoms with Crippen LogP contribution in [-0.4, -0.2) is 33.6 Å². The van der Waals surface area contributed by atoms with Crippen LogP contribution in [0, 0.1) is 12.8 Å². The standard InChI is InChI=1S/C14H15N.C11H12.C6H13N3O.C2H2/c1-15-14(9-10-14)13-8-4-6-11-5-2-3-7-12(11)13;1-3-7-11-9-6-5-8-10(11)4-2;1-7-5-3-4-6(10)9-8-2;1-2/h2-8,15H,9-10H2,1H3;3-6,8-9H,1-2,7H2;3-4,7-8H,5H2,1-2H3,(H,9,10);1-2H/b;;4-3+;. The van der Waals surface area contributed by atoms with Crippen molar-refractivity contribution in [1.29, 1.82) is 0 Å². The van der Waals surface area contributed by atoms with E-state index >= 15 is 0 Å². The molecule has 0 aliphatic heterocycles. The third kappa shape index (κ3) is 10.2. The molecule has 0 heterocycles. The molecule has 5 heteroatoms. The van der Waals surface area contributed by atoms with E-state index in [4.69, 9.17) is 0 Å². The summed E-state index contributed by atoms with van der Waals surface area (Å²) in [5.41, 5.74) is 9.14. The van der Waals surface area contributed by atoms with Crippen LogP contribution in [0.4, 0.5) is 0 Å². The molecule has 0 atom stereocenters. The third-order valence-corrected chi connectivity index (χ3v) is 6.01. The highest BCUT2D eigenvalue weighted by molar-refractivity contribution is 5.87. The van der Waals surface area contributed by atoms with E-state index in [0.717, 1.165) is 6.42 Å². The van der Waals surface area contributed by atoms with Gasteiger partial charge in [-0.15, -0.1) is 19.4 Å². The first-order valence-electron chi connectivity index (χ1n) is 12.6. The summed E-state index contributed by atoms with van der Waals surface area (Å²) in [5, 5.41) is 9.08. The van der Waals surface area contributed by atoms with Gasteiger partial charge < -0.3 is 10.6 Å². The lowest BCUT2D eigenvalue weighted by molar-refractivity contribution is -0.117. The molecule has 1 amide bonds. The zero-order valence-electron chi connectivity index (χ0n) is 23.0. The number of amides is 1. The molecule has 4 rings (SSSR count). The van der Waals surface area contributed by atoms with Crippen molar-refractivity contribution in [2.75, 3.05) is 27.7 Å². The quantitative estimate of drug-likeness (QED) is 0.135. The van der Waals surface area contributed by atoms with Gasteiger partial charge >= 0.3 is 0 Å². The Morgan fingerprint density at radius 3 is 2.21 bits per heavy atom. The molecule has 5 nitrogen and oxygen atoms in total. The SMILES string of the molecule is C#C.C=CCc1ccccc1C=C.CNC/C=C/C(=O)NNC.CNC1(c2cccc3ccccc23)CC1. The average Bonchev–Trinajstić information content (AvgIpc) is 3.77. The highest BCUT2D eigenvalue weighted by Gasteiger charge is 2.43. The fraction of sp³-hybridized carbons (Fsp3) is 0.242. The van der Waals surface area contributed by atoms with Crippen LogP contribution in [0.25, 0.3) is 16.8 Å². The number of terminal acetylenes is 1. The van der Waals surface area contributed by atoms with Crippen LogP contribution >= 0.6 is 0 Å². The van der Waals surface area contributed by atoms with Gasteiger partial charge in [-0.2, -0.15) is 0 Å². The minimum absolute atomic E-state index is 0.141. The first-order chi connectivity index (χ1) is 18.5. The zero-order chi connectivity index (χ0) is 28.2. The molecule has 0 aromatic heterocycles. The lowest BCUT2D eigenvalue weighted by Gasteiger charge is -2.17. The molecule has 0 saturated heterocycles. The highest BCUT2D eigenvalue weighted by atomic mass is 16.2. The van der Waals surface area contributed by atoms with Gasteiger partial charge in [0.25, 0.3) is 5.91 Å². The number of allylic oxidation sites excluding steroid dienone is 1. The molecule has 0 spiro atoms. The Bertz CT molecular complexity index is 1190. The van der Waals surface area contributed by atoms with Crippen LogP contribution in [0.1, 0.15) is 29.5 Å². The number of nitrogens with one attached hydrogen (secondary N) is 4. The van der Waals surface area contributed by atoms with E-state index in [9.17, 15) is 4.79 Å². The van der Waals surface area contributed by atoms with E-state index in [0.29, 0.717) is 6.54 Å². The minimum atomic E-state index is -0.141. The summed E-state index contributed by atoms with van der Waals surface area (Å²) in [5.74, 6) is -0.141. The molecular weight excluding hydrogens is 468 g/mol. The summed E-state index contributed by atoms with van der Waals surface area (Å²) in [6.45, 7) is 8.14. The Balaban J connectivity index is 0.000000284. The van der Waals surface area contributed by atoms with E-state index in [2.05, 4.69) is 109 Å². The molecule has 1 saturated carbocycles. The van der Waals surface area contributed by atoms with Gasteiger partial charge in [0.15, 0.2) is 0 Å². The molecule has 1 fully saturated rings. The highest BCUT2D eigenvalue weighted by Crippen LogP contribution is 2.47. The van der Waals surface area contributed by atoms with Gasteiger partial charge in [0, 0.05) is 25.2 Å². The Kier molecular flexibility index (Phi) is 15.5. The Hall–Kier alpha value is -3.95. The van der Waals surface area contributed by atoms with Crippen LogP contribution < -0.4 is 21.5 Å². The van der Waals surface area contributed by atoms with Gasteiger partial charge in [-0.25, -0.2) is 5.43 Å². The number of likely N-dealkylation sites (N-methyl/N-ethyl adjacent to an activating group) is 1. The Labute approximate surface area is 229 Å². The van der Waals surface area contributed by atoms with E-state index in [1.54, 1.807) is 13.1 Å². The van der Waals surface area contributed by atoms with Crippen LogP contribution in [0.3, 0.4) is 0 Å². The lowest BCUT2D eigenvalue weighted by Crippen LogP contribution is -2.32. The van der Waals surface area contributed by atoms with Crippen LogP contribution in [0.2, 0.25) is 0 Å². The van der Waals surface area contributed by atoms with Crippen molar-refractivity contribution in [3.05, 3.63) is 115 Å². The molecule has 0 bridgehead atoms. The van der Waals surface area contributed by atoms with Gasteiger partial charge in [0.1, 0.15) is 0 Å². The van der Waals surface area contributed by atoms with Crippen LogP contribution in [-0.2, 0) is 16.8 Å². The fourth-order valence-corrected chi connectivity index (χ4v) is 3.95. The molecule has 3 aromatic carbocycles. The Morgan fingerprint density at radius 2 is 1.61 bits per heavy atom. The summed E-state index contributed by atoms with van der Waals surface area (Å²) in [4.78, 5) is 10.6. The predicted molar refractivity (Wildman–Crippen MR) is 165 cm³/mol. The van der Waals surface area contributed by atoms with Crippen molar-refractivity contribution >= 4 is 22.8 Å². The number of fused-ring (bicyclic) bond motifs is 1. The number of hydrogen-bond donors (Lipinski definition) is 4. The first kappa shape index (κ1) is 32.1. The molecule has 200 valence electrons. The second-order valence-corrected chi connectivity index (χ2v) is 8.45. The monoisotopic (exact) mass is 510 g/mol. The maximum absolute atomic E-state index is 10.6. The molecule has 0 radical (unpaired) electrons. The fourth-order valence-electron chi connectivity index (χ4n) is 3.95. The van der Waals surface area contributed by atoms with Crippen molar-refractivity contribution in [2.24, 2.45) is 0 Å². The molecule has 4 N–H and O–H groups in total. The molecule has 1 aliphatic carbocycles. The maximum atomic E-state index is 10.6. The van der Waals surface area contributed by atoms with E-state index in [-0.39, 0.29) is 11.4 Å². The van der Waals surface area contributed by atoms with Gasteiger partial charge in [-0.05, 0) is 60.8 Å². The summed E-state index contributed by atoms with van der Waals surface area (Å²) < 4.78 is 0. The summed E-state index contributed by atoms with van der Waals surface area (Å²) in [6.07, 6.45) is 18.4. The van der Waals surface area contributed by atoms with Crippen molar-refractivity contribution in [3.8, 4) is 12.8 Å². The van der Waals surface area contributed by atoms with E-state index in [1.807, 2.05) is 31.3 Å². The summed E-state index contributed by atoms with van der Waals surface area (Å²) >= 11 is 0. The first-order valence-corrected chi connectivity index (χ1v) is 12.6. The van der Waals surface area contributed by atoms with Crippen molar-refractivity contribution in [3.63, 3.8) is 0 Å². The number of carbonyl (C=O) groups is 1. The smallest absolute Gasteiger partial charge is 0.257 e. The van der Waals surface area contributed by atoms with Crippen molar-refractivity contribution in [1.82, 2.24) is 21.5 Å². The minimum Gasteiger partial charge on any atom is -0.316 e. The average molecular weight is 511 g/mol. The van der Waals surface area contributed by atoms with Crippen molar-refractivity contribution in [2.45, 2.75) is 24.8 Å². The van der Waals surface area contributed by atoms with Crippen LogP contribution in [0.5, 0.6) is 0 Å². The molecule has 38 heavy (non-hydrogen) atoms.